The molecule has 1 atom stereocenters. The van der Waals surface area contributed by atoms with E-state index in [9.17, 15) is 23.1 Å². The molecular weight excluding hydrogens is 497 g/mol. The van der Waals surface area contributed by atoms with E-state index < -0.39 is 23.7 Å². The van der Waals surface area contributed by atoms with Gasteiger partial charge in [0, 0.05) is 30.7 Å². The van der Waals surface area contributed by atoms with Gasteiger partial charge in [-0.05, 0) is 68.1 Å². The van der Waals surface area contributed by atoms with Crippen LogP contribution in [0.3, 0.4) is 0 Å². The monoisotopic (exact) mass is 526 g/mol. The number of benzene rings is 2. The highest BCUT2D eigenvalue weighted by molar-refractivity contribution is 6.07. The fourth-order valence-electron chi connectivity index (χ4n) is 4.99. The number of pyridine rings is 1. The highest BCUT2D eigenvalue weighted by Gasteiger charge is 2.36. The van der Waals surface area contributed by atoms with E-state index >= 15 is 0 Å². The number of hydrogen-bond donors (Lipinski definition) is 2. The number of halogens is 3. The van der Waals surface area contributed by atoms with Gasteiger partial charge in [0.2, 0.25) is 0 Å². The fourth-order valence-corrected chi connectivity index (χ4v) is 4.99. The Morgan fingerprint density at radius 3 is 2.58 bits per heavy atom. The Kier molecular flexibility index (Phi) is 7.16. The van der Waals surface area contributed by atoms with Crippen LogP contribution in [-0.4, -0.2) is 48.3 Å². The number of amides is 1. The molecule has 3 aromatic rings. The number of hydrogen-bond acceptors (Lipinski definition) is 6. The number of rotatable bonds is 5. The van der Waals surface area contributed by atoms with E-state index in [1.54, 1.807) is 29.3 Å². The molecule has 38 heavy (non-hydrogen) atoms. The minimum atomic E-state index is -4.57. The minimum Gasteiger partial charge on any atom is -0.488 e. The lowest BCUT2D eigenvalue weighted by atomic mass is 10.0. The molecule has 1 aromatic heterocycles. The van der Waals surface area contributed by atoms with E-state index in [2.05, 4.69) is 10.3 Å². The predicted octanol–water partition coefficient (Wildman–Crippen LogP) is 5.54. The number of para-hydroxylation sites is 1. The van der Waals surface area contributed by atoms with Gasteiger partial charge in [-0.15, -0.1) is 0 Å². The number of alkyl halides is 3. The van der Waals surface area contributed by atoms with Gasteiger partial charge in [-0.2, -0.15) is 13.2 Å². The fraction of sp³-hybridized carbons (Fsp3) is 0.357. The van der Waals surface area contributed by atoms with E-state index in [0.717, 1.165) is 30.9 Å². The van der Waals surface area contributed by atoms with Gasteiger partial charge in [-0.1, -0.05) is 12.1 Å². The van der Waals surface area contributed by atoms with E-state index in [1.165, 1.54) is 12.1 Å². The summed E-state index contributed by atoms with van der Waals surface area (Å²) in [6.45, 7) is 2.97. The molecule has 0 spiro atoms. The molecule has 1 amide bonds. The average molecular weight is 527 g/mol. The zero-order valence-electron chi connectivity index (χ0n) is 21.0. The van der Waals surface area contributed by atoms with Crippen LogP contribution in [0.5, 0.6) is 5.75 Å². The zero-order chi connectivity index (χ0) is 26.9. The second kappa shape index (κ2) is 10.5. The molecule has 200 valence electrons. The van der Waals surface area contributed by atoms with Gasteiger partial charge in [0.15, 0.2) is 5.75 Å². The number of aliphatic hydroxyl groups excluding tert-OH is 1. The van der Waals surface area contributed by atoms with Crippen LogP contribution in [0.15, 0.2) is 54.7 Å². The summed E-state index contributed by atoms with van der Waals surface area (Å²) in [5.41, 5.74) is 1.08. The molecule has 3 heterocycles. The first-order chi connectivity index (χ1) is 18.3. The van der Waals surface area contributed by atoms with Crippen LogP contribution in [0.25, 0.3) is 0 Å². The maximum absolute atomic E-state index is 14.0. The van der Waals surface area contributed by atoms with Crippen molar-refractivity contribution >= 4 is 28.8 Å². The van der Waals surface area contributed by atoms with Gasteiger partial charge in [0.05, 0.1) is 29.5 Å². The molecule has 5 rings (SSSR count). The quantitative estimate of drug-likeness (QED) is 0.455. The molecule has 7 nitrogen and oxygen atoms in total. The smallest absolute Gasteiger partial charge is 0.418 e. The second-order valence-electron chi connectivity index (χ2n) is 9.60. The van der Waals surface area contributed by atoms with Crippen molar-refractivity contribution in [1.29, 1.82) is 0 Å². The maximum atomic E-state index is 14.0. The van der Waals surface area contributed by atoms with Crippen LogP contribution in [0.4, 0.5) is 36.1 Å². The first-order valence-corrected chi connectivity index (χ1v) is 12.6. The van der Waals surface area contributed by atoms with Gasteiger partial charge < -0.3 is 25.0 Å². The average Bonchev–Trinajstić information content (AvgIpc) is 2.92. The number of ether oxygens (including phenoxy) is 1. The number of fused-ring (bicyclic) bond motifs is 1. The number of aromatic nitrogens is 1. The lowest BCUT2D eigenvalue weighted by Crippen LogP contribution is -2.43. The molecule has 2 aromatic carbocycles. The van der Waals surface area contributed by atoms with Crippen LogP contribution in [0.1, 0.15) is 40.7 Å². The highest BCUT2D eigenvalue weighted by atomic mass is 19.4. The van der Waals surface area contributed by atoms with Crippen molar-refractivity contribution in [1.82, 2.24) is 4.98 Å². The van der Waals surface area contributed by atoms with E-state index in [0.29, 0.717) is 24.6 Å². The van der Waals surface area contributed by atoms with Crippen molar-refractivity contribution in [3.05, 3.63) is 71.4 Å². The van der Waals surface area contributed by atoms with Gasteiger partial charge in [-0.25, -0.2) is 4.98 Å². The van der Waals surface area contributed by atoms with Crippen LogP contribution < -0.4 is 19.9 Å². The number of piperidine rings is 1. The zero-order valence-corrected chi connectivity index (χ0v) is 21.0. The number of nitrogens with zero attached hydrogens (tertiary/aromatic N) is 3. The number of aliphatic hydroxyl groups is 1. The van der Waals surface area contributed by atoms with Crippen LogP contribution >= 0.6 is 0 Å². The van der Waals surface area contributed by atoms with Gasteiger partial charge in [-0.3, -0.25) is 4.79 Å². The summed E-state index contributed by atoms with van der Waals surface area (Å²) in [5, 5.41) is 12.6. The molecule has 1 saturated heterocycles. The van der Waals surface area contributed by atoms with Crippen molar-refractivity contribution in [2.75, 3.05) is 41.4 Å². The minimum absolute atomic E-state index is 0.0433. The van der Waals surface area contributed by atoms with Crippen molar-refractivity contribution in [2.24, 2.45) is 0 Å². The summed E-state index contributed by atoms with van der Waals surface area (Å²) in [6.07, 6.45) is -0.154. The Hall–Kier alpha value is -3.79. The highest BCUT2D eigenvalue weighted by Crippen LogP contribution is 2.42. The molecule has 0 radical (unpaired) electrons. The number of anilines is 4. The summed E-state index contributed by atoms with van der Waals surface area (Å²) in [5.74, 6) is 0.262. The number of carbonyl (C=O) groups is 1. The van der Waals surface area contributed by atoms with Crippen LogP contribution in [0.2, 0.25) is 0 Å². The topological polar surface area (TPSA) is 77.9 Å². The Bertz CT molecular complexity index is 1310. The number of aryl methyl sites for hydroxylation is 1. The van der Waals surface area contributed by atoms with E-state index in [-0.39, 0.29) is 35.9 Å². The molecular formula is C28H29F3N4O3. The molecule has 10 heteroatoms. The van der Waals surface area contributed by atoms with Crippen LogP contribution in [0, 0.1) is 6.92 Å². The molecule has 1 unspecified atom stereocenters. The Morgan fingerprint density at radius 1 is 1.11 bits per heavy atom. The largest absolute Gasteiger partial charge is 0.488 e. The first-order valence-electron chi connectivity index (χ1n) is 12.6. The maximum Gasteiger partial charge on any atom is 0.418 e. The lowest BCUT2D eigenvalue weighted by Gasteiger charge is -2.37. The Balaban J connectivity index is 1.46. The summed E-state index contributed by atoms with van der Waals surface area (Å²) in [6, 6.07) is 12.2. The van der Waals surface area contributed by atoms with E-state index in [4.69, 9.17) is 4.74 Å². The number of carbonyl (C=O) groups excluding carboxylic acids is 1. The summed E-state index contributed by atoms with van der Waals surface area (Å²) in [7, 11) is 0. The molecule has 0 bridgehead atoms. The van der Waals surface area contributed by atoms with Gasteiger partial charge in [0.1, 0.15) is 12.4 Å². The van der Waals surface area contributed by atoms with Crippen molar-refractivity contribution in [3.8, 4) is 5.75 Å². The molecule has 2 N–H and O–H groups in total. The SMILES string of the molecule is Cc1ccc(N2c3cccc(C(=O)Nc4ccc(N5CCCCC5)c(C(F)(F)F)c4)c3OCC2CO)nc1. The summed E-state index contributed by atoms with van der Waals surface area (Å²) in [4.78, 5) is 21.3. The molecule has 0 saturated carbocycles. The number of nitrogens with one attached hydrogen (secondary N) is 1. The molecule has 1 fully saturated rings. The summed E-state index contributed by atoms with van der Waals surface area (Å²) < 4.78 is 47.8. The van der Waals surface area contributed by atoms with Gasteiger partial charge in [0.25, 0.3) is 5.91 Å². The normalized spacial score (nSPS) is 17.6. The Morgan fingerprint density at radius 2 is 1.89 bits per heavy atom. The lowest BCUT2D eigenvalue weighted by molar-refractivity contribution is -0.137. The molecule has 2 aliphatic heterocycles. The molecule has 2 aliphatic rings. The van der Waals surface area contributed by atoms with Crippen LogP contribution in [-0.2, 0) is 6.18 Å². The molecule has 0 aliphatic carbocycles. The van der Waals surface area contributed by atoms with Gasteiger partial charge >= 0.3 is 6.18 Å². The van der Waals surface area contributed by atoms with Crippen molar-refractivity contribution in [3.63, 3.8) is 0 Å². The van der Waals surface area contributed by atoms with E-state index in [1.807, 2.05) is 24.0 Å². The van der Waals surface area contributed by atoms with Crippen molar-refractivity contribution < 1.29 is 27.8 Å². The van der Waals surface area contributed by atoms with Crippen molar-refractivity contribution in [2.45, 2.75) is 38.4 Å². The second-order valence-corrected chi connectivity index (χ2v) is 9.60. The third-order valence-corrected chi connectivity index (χ3v) is 6.89. The predicted molar refractivity (Wildman–Crippen MR) is 139 cm³/mol. The summed E-state index contributed by atoms with van der Waals surface area (Å²) >= 11 is 0. The third kappa shape index (κ3) is 5.13. The standard InChI is InChI=1S/C28H29F3N4O3/c1-18-8-11-25(32-15-18)35-20(16-36)17-38-26-21(6-5-7-24(26)35)27(37)33-19-9-10-23(22(14-19)28(29,30)31)34-12-3-2-4-13-34/h5-11,14-15,20,36H,2-4,12-13,16-17H2,1H3,(H,33,37). The first kappa shape index (κ1) is 25.8. The third-order valence-electron chi connectivity index (χ3n) is 6.89. The Labute approximate surface area is 218 Å².